The normalized spacial score (nSPS) is 21.4. The van der Waals surface area contributed by atoms with Crippen LogP contribution < -0.4 is 0 Å². The summed E-state index contributed by atoms with van der Waals surface area (Å²) in [6.45, 7) is 1.37. The predicted molar refractivity (Wildman–Crippen MR) is 46.1 cm³/mol. The fourth-order valence-electron chi connectivity index (χ4n) is 1.24. The van der Waals surface area contributed by atoms with Crippen molar-refractivity contribution in [3.05, 3.63) is 0 Å². The maximum atomic E-state index is 11.2. The number of nitrogens with zero attached hydrogens (tertiary/aromatic N) is 2. The Morgan fingerprint density at radius 2 is 2.31 bits per heavy atom. The highest BCUT2D eigenvalue weighted by atomic mass is 16.5. The molecule has 0 aromatic rings. The van der Waals surface area contributed by atoms with Crippen molar-refractivity contribution in [3.63, 3.8) is 0 Å². The van der Waals surface area contributed by atoms with Crippen molar-refractivity contribution < 1.29 is 14.3 Å². The molecule has 0 aromatic heterocycles. The van der Waals surface area contributed by atoms with E-state index < -0.39 is 12.0 Å². The lowest BCUT2D eigenvalue weighted by Crippen LogP contribution is -2.43. The molecule has 0 saturated carbocycles. The lowest BCUT2D eigenvalue weighted by atomic mass is 10.1. The van der Waals surface area contributed by atoms with Crippen LogP contribution in [-0.2, 0) is 14.3 Å². The van der Waals surface area contributed by atoms with Crippen LogP contribution in [0.25, 0.3) is 0 Å². The van der Waals surface area contributed by atoms with Crippen molar-refractivity contribution in [2.45, 2.75) is 25.8 Å². The van der Waals surface area contributed by atoms with E-state index in [4.69, 9.17) is 0 Å². The molecule has 0 fully saturated rings. The van der Waals surface area contributed by atoms with Gasteiger partial charge in [0.15, 0.2) is 6.04 Å². The Bertz CT molecular complexity index is 250. The Balaban J connectivity index is 2.77. The molecule has 0 saturated heterocycles. The van der Waals surface area contributed by atoms with Crippen LogP contribution in [0.4, 0.5) is 0 Å². The Kier molecular flexibility index (Phi) is 3.00. The summed E-state index contributed by atoms with van der Waals surface area (Å²) in [7, 11) is 1.30. The van der Waals surface area contributed by atoms with Crippen LogP contribution in [-0.4, -0.2) is 36.3 Å². The first-order valence-corrected chi connectivity index (χ1v) is 4.07. The molecular formula is C8H12N2O3. The maximum absolute atomic E-state index is 11.2. The molecule has 13 heavy (non-hydrogen) atoms. The van der Waals surface area contributed by atoms with Gasteiger partial charge in [-0.25, -0.2) is 9.80 Å². The van der Waals surface area contributed by atoms with Crippen molar-refractivity contribution in [2.75, 3.05) is 7.11 Å². The van der Waals surface area contributed by atoms with E-state index >= 15 is 0 Å². The summed E-state index contributed by atoms with van der Waals surface area (Å²) < 4.78 is 4.56. The van der Waals surface area contributed by atoms with Crippen molar-refractivity contribution >= 4 is 18.1 Å². The topological polar surface area (TPSA) is 59.0 Å². The number of rotatable bonds is 1. The monoisotopic (exact) mass is 184 g/mol. The van der Waals surface area contributed by atoms with Gasteiger partial charge in [-0.1, -0.05) is 0 Å². The van der Waals surface area contributed by atoms with E-state index in [0.29, 0.717) is 12.8 Å². The standard InChI is InChI=1S/C8H12N2O3/c1-6(11)10-7(8(12)13-2)4-3-5-9-10/h5,7H,3-4H2,1-2H3/t7-/m0/s1. The second kappa shape index (κ2) is 4.02. The SMILES string of the molecule is COC(=O)[C@@H]1CCC=NN1C(C)=O. The number of esters is 1. The minimum atomic E-state index is -0.549. The van der Waals surface area contributed by atoms with Gasteiger partial charge in [0, 0.05) is 13.1 Å². The third-order valence-corrected chi connectivity index (χ3v) is 1.87. The highest BCUT2D eigenvalue weighted by Gasteiger charge is 2.30. The number of carbonyl (C=O) groups is 2. The van der Waals surface area contributed by atoms with E-state index in [1.807, 2.05) is 0 Å². The van der Waals surface area contributed by atoms with Crippen molar-refractivity contribution in [1.29, 1.82) is 0 Å². The number of amides is 1. The molecule has 1 atom stereocenters. The summed E-state index contributed by atoms with van der Waals surface area (Å²) in [6, 6.07) is -0.549. The average Bonchev–Trinajstić information content (AvgIpc) is 2.16. The van der Waals surface area contributed by atoms with E-state index in [2.05, 4.69) is 9.84 Å². The van der Waals surface area contributed by atoms with Gasteiger partial charge in [-0.3, -0.25) is 4.79 Å². The number of carbonyl (C=O) groups excluding carboxylic acids is 2. The van der Waals surface area contributed by atoms with Crippen LogP contribution in [0, 0.1) is 0 Å². The summed E-state index contributed by atoms with van der Waals surface area (Å²) in [4.78, 5) is 22.2. The minimum Gasteiger partial charge on any atom is -0.467 e. The molecule has 5 nitrogen and oxygen atoms in total. The number of hydrazone groups is 1. The van der Waals surface area contributed by atoms with Crippen LogP contribution in [0.2, 0.25) is 0 Å². The highest BCUT2D eigenvalue weighted by molar-refractivity contribution is 5.84. The van der Waals surface area contributed by atoms with Crippen LogP contribution >= 0.6 is 0 Å². The van der Waals surface area contributed by atoms with Gasteiger partial charge in [0.1, 0.15) is 0 Å². The first-order valence-electron chi connectivity index (χ1n) is 4.07. The van der Waals surface area contributed by atoms with Crippen LogP contribution in [0.1, 0.15) is 19.8 Å². The summed E-state index contributed by atoms with van der Waals surface area (Å²) in [6.07, 6.45) is 2.90. The molecule has 72 valence electrons. The zero-order valence-electron chi connectivity index (χ0n) is 7.69. The summed E-state index contributed by atoms with van der Waals surface area (Å²) in [5, 5.41) is 5.00. The van der Waals surface area contributed by atoms with Gasteiger partial charge in [-0.05, 0) is 12.8 Å². The first kappa shape index (κ1) is 9.70. The smallest absolute Gasteiger partial charge is 0.330 e. The molecule has 1 rings (SSSR count). The number of methoxy groups -OCH3 is 1. The predicted octanol–water partition coefficient (Wildman–Crippen LogP) is 0.156. The van der Waals surface area contributed by atoms with E-state index in [-0.39, 0.29) is 5.91 Å². The molecule has 5 heteroatoms. The lowest BCUT2D eigenvalue weighted by Gasteiger charge is -2.26. The van der Waals surface area contributed by atoms with E-state index in [0.717, 1.165) is 5.01 Å². The first-order chi connectivity index (χ1) is 6.16. The summed E-state index contributed by atoms with van der Waals surface area (Å²) in [5.74, 6) is -0.654. The second-order valence-electron chi connectivity index (χ2n) is 2.78. The summed E-state index contributed by atoms with van der Waals surface area (Å²) >= 11 is 0. The third kappa shape index (κ3) is 2.05. The fraction of sp³-hybridized carbons (Fsp3) is 0.625. The van der Waals surface area contributed by atoms with E-state index in [1.165, 1.54) is 14.0 Å². The van der Waals surface area contributed by atoms with Crippen LogP contribution in [0.5, 0.6) is 0 Å². The molecule has 1 amide bonds. The van der Waals surface area contributed by atoms with Gasteiger partial charge >= 0.3 is 5.97 Å². The molecular weight excluding hydrogens is 172 g/mol. The van der Waals surface area contributed by atoms with Crippen molar-refractivity contribution in [1.82, 2.24) is 5.01 Å². The molecule has 0 unspecified atom stereocenters. The third-order valence-electron chi connectivity index (χ3n) is 1.87. The average molecular weight is 184 g/mol. The lowest BCUT2D eigenvalue weighted by molar-refractivity contribution is -0.152. The minimum absolute atomic E-state index is 0.244. The summed E-state index contributed by atoms with van der Waals surface area (Å²) in [5.41, 5.74) is 0. The Morgan fingerprint density at radius 1 is 1.62 bits per heavy atom. The Morgan fingerprint density at radius 3 is 2.85 bits per heavy atom. The maximum Gasteiger partial charge on any atom is 0.330 e. The zero-order chi connectivity index (χ0) is 9.84. The van der Waals surface area contributed by atoms with Gasteiger partial charge in [-0.15, -0.1) is 0 Å². The van der Waals surface area contributed by atoms with Crippen LogP contribution in [0.15, 0.2) is 5.10 Å². The molecule has 1 heterocycles. The van der Waals surface area contributed by atoms with Crippen molar-refractivity contribution in [3.8, 4) is 0 Å². The van der Waals surface area contributed by atoms with Gasteiger partial charge < -0.3 is 4.74 Å². The highest BCUT2D eigenvalue weighted by Crippen LogP contribution is 2.13. The molecule has 0 aromatic carbocycles. The quantitative estimate of drug-likeness (QED) is 0.545. The Labute approximate surface area is 76.3 Å². The van der Waals surface area contributed by atoms with Gasteiger partial charge in [0.05, 0.1) is 7.11 Å². The fourth-order valence-corrected chi connectivity index (χ4v) is 1.24. The molecule has 0 spiro atoms. The van der Waals surface area contributed by atoms with Gasteiger partial charge in [0.2, 0.25) is 5.91 Å². The number of hydrogen-bond donors (Lipinski definition) is 0. The molecule has 1 aliphatic heterocycles. The molecule has 0 radical (unpaired) electrons. The Hall–Kier alpha value is -1.39. The largest absolute Gasteiger partial charge is 0.467 e. The van der Waals surface area contributed by atoms with Crippen molar-refractivity contribution in [2.24, 2.45) is 5.10 Å². The number of hydrogen-bond acceptors (Lipinski definition) is 4. The molecule has 1 aliphatic rings. The van der Waals surface area contributed by atoms with Gasteiger partial charge in [0.25, 0.3) is 0 Å². The second-order valence-corrected chi connectivity index (χ2v) is 2.78. The van der Waals surface area contributed by atoms with Gasteiger partial charge in [-0.2, -0.15) is 5.10 Å². The molecule has 0 bridgehead atoms. The molecule has 0 N–H and O–H groups in total. The number of ether oxygens (including phenoxy) is 1. The van der Waals surface area contributed by atoms with Crippen LogP contribution in [0.3, 0.4) is 0 Å². The van der Waals surface area contributed by atoms with E-state index in [1.54, 1.807) is 6.21 Å². The molecule has 0 aliphatic carbocycles. The van der Waals surface area contributed by atoms with E-state index in [9.17, 15) is 9.59 Å². The zero-order valence-corrected chi connectivity index (χ0v) is 7.69.